The molecule has 122 valence electrons. The number of amides is 1. The summed E-state index contributed by atoms with van der Waals surface area (Å²) in [7, 11) is 0. The first-order chi connectivity index (χ1) is 11.7. The van der Waals surface area contributed by atoms with Gasteiger partial charge in [0.15, 0.2) is 4.32 Å². The molecule has 1 aromatic carbocycles. The number of hydrogen-bond acceptors (Lipinski definition) is 4. The van der Waals surface area contributed by atoms with Crippen LogP contribution in [0.2, 0.25) is 0 Å². The lowest BCUT2D eigenvalue weighted by Gasteiger charge is -2.15. The van der Waals surface area contributed by atoms with E-state index in [1.165, 1.54) is 30.2 Å². The minimum atomic E-state index is -0.0739. The summed E-state index contributed by atoms with van der Waals surface area (Å²) in [6, 6.07) is 11.9. The van der Waals surface area contributed by atoms with Crippen LogP contribution in [0.15, 0.2) is 53.7 Å². The average molecular weight is 355 g/mol. The van der Waals surface area contributed by atoms with Gasteiger partial charge in [0.1, 0.15) is 0 Å². The average Bonchev–Trinajstić information content (AvgIpc) is 2.88. The van der Waals surface area contributed by atoms with Gasteiger partial charge in [0.25, 0.3) is 5.91 Å². The second-order valence-corrected chi connectivity index (χ2v) is 7.25. The molecule has 0 aliphatic carbocycles. The van der Waals surface area contributed by atoms with Crippen LogP contribution < -0.4 is 4.90 Å². The number of carbonyl (C=O) groups excluding carboxylic acids is 1. The smallest absolute Gasteiger partial charge is 0.268 e. The van der Waals surface area contributed by atoms with E-state index in [1.807, 2.05) is 30.3 Å². The molecular formula is C19H18N2OS2. The number of benzene rings is 1. The standard InChI is InChI=1S/C19H18N2OS2/c1-2-3-5-14-7-9-16(10-8-14)21-18(22)17(24-19(21)23)12-15-6-4-11-20-13-15/h4,6-13H,2-3,5H2,1H3/b17-12+. The second-order valence-electron chi connectivity index (χ2n) is 5.57. The van der Waals surface area contributed by atoms with Crippen LogP contribution >= 0.6 is 24.0 Å². The normalized spacial score (nSPS) is 16.2. The van der Waals surface area contributed by atoms with E-state index in [0.29, 0.717) is 9.23 Å². The van der Waals surface area contributed by atoms with E-state index < -0.39 is 0 Å². The Kier molecular flexibility index (Phi) is 5.43. The van der Waals surface area contributed by atoms with Gasteiger partial charge in [-0.25, -0.2) is 0 Å². The zero-order valence-corrected chi connectivity index (χ0v) is 15.1. The molecule has 5 heteroatoms. The molecule has 1 saturated heterocycles. The fraction of sp³-hybridized carbons (Fsp3) is 0.211. The zero-order valence-electron chi connectivity index (χ0n) is 13.4. The van der Waals surface area contributed by atoms with Crippen molar-refractivity contribution in [3.63, 3.8) is 0 Å². The van der Waals surface area contributed by atoms with Crippen molar-refractivity contribution in [1.82, 2.24) is 4.98 Å². The van der Waals surface area contributed by atoms with Crippen LogP contribution in [-0.2, 0) is 11.2 Å². The molecule has 0 N–H and O–H groups in total. The van der Waals surface area contributed by atoms with Gasteiger partial charge in [0.2, 0.25) is 0 Å². The summed E-state index contributed by atoms with van der Waals surface area (Å²) in [5.41, 5.74) is 3.01. The molecule has 0 atom stereocenters. The van der Waals surface area contributed by atoms with Gasteiger partial charge in [-0.2, -0.15) is 0 Å². The lowest BCUT2D eigenvalue weighted by Crippen LogP contribution is -2.27. The van der Waals surface area contributed by atoms with Gasteiger partial charge in [0, 0.05) is 12.4 Å². The molecule has 1 fully saturated rings. The maximum Gasteiger partial charge on any atom is 0.270 e. The Hall–Kier alpha value is -1.98. The highest BCUT2D eigenvalue weighted by Gasteiger charge is 2.33. The highest BCUT2D eigenvalue weighted by Crippen LogP contribution is 2.36. The van der Waals surface area contributed by atoms with E-state index in [1.54, 1.807) is 17.3 Å². The summed E-state index contributed by atoms with van der Waals surface area (Å²) in [6.07, 6.45) is 8.69. The second kappa shape index (κ2) is 7.73. The number of thiocarbonyl (C=S) groups is 1. The minimum absolute atomic E-state index is 0.0739. The SMILES string of the molecule is CCCCc1ccc(N2C(=O)/C(=C\c3cccnc3)SC2=S)cc1. The molecule has 0 spiro atoms. The minimum Gasteiger partial charge on any atom is -0.268 e. The number of aromatic nitrogens is 1. The van der Waals surface area contributed by atoms with Crippen LogP contribution in [0.4, 0.5) is 5.69 Å². The predicted molar refractivity (Wildman–Crippen MR) is 105 cm³/mol. The maximum absolute atomic E-state index is 12.7. The Labute approximate surface area is 151 Å². The van der Waals surface area contributed by atoms with Crippen molar-refractivity contribution >= 4 is 46.0 Å². The molecule has 0 bridgehead atoms. The van der Waals surface area contributed by atoms with E-state index in [4.69, 9.17) is 12.2 Å². The molecule has 0 radical (unpaired) electrons. The molecule has 2 aromatic rings. The molecule has 0 saturated carbocycles. The van der Waals surface area contributed by atoms with E-state index in [-0.39, 0.29) is 5.91 Å². The number of nitrogens with zero attached hydrogens (tertiary/aromatic N) is 2. The monoisotopic (exact) mass is 354 g/mol. The van der Waals surface area contributed by atoms with Crippen LogP contribution in [0.5, 0.6) is 0 Å². The molecular weight excluding hydrogens is 336 g/mol. The Bertz CT molecular complexity index is 770. The number of thioether (sulfide) groups is 1. The number of unbranched alkanes of at least 4 members (excludes halogenated alkanes) is 1. The molecule has 1 amide bonds. The van der Waals surface area contributed by atoms with Crippen molar-refractivity contribution in [1.29, 1.82) is 0 Å². The van der Waals surface area contributed by atoms with E-state index in [2.05, 4.69) is 24.0 Å². The molecule has 0 unspecified atom stereocenters. The fourth-order valence-electron chi connectivity index (χ4n) is 2.50. The number of anilines is 1. The molecule has 1 aliphatic heterocycles. The Morgan fingerprint density at radius 3 is 2.71 bits per heavy atom. The maximum atomic E-state index is 12.7. The van der Waals surface area contributed by atoms with Gasteiger partial charge < -0.3 is 0 Å². The number of aryl methyl sites for hydroxylation is 1. The third-order valence-electron chi connectivity index (χ3n) is 3.79. The summed E-state index contributed by atoms with van der Waals surface area (Å²) in [4.78, 5) is 19.0. The first kappa shape index (κ1) is 16.9. The predicted octanol–water partition coefficient (Wildman–Crippen LogP) is 4.83. The van der Waals surface area contributed by atoms with Gasteiger partial charge in [-0.15, -0.1) is 0 Å². The van der Waals surface area contributed by atoms with Crippen molar-refractivity contribution in [2.24, 2.45) is 0 Å². The van der Waals surface area contributed by atoms with Gasteiger partial charge in [-0.1, -0.05) is 55.5 Å². The molecule has 2 heterocycles. The highest BCUT2D eigenvalue weighted by molar-refractivity contribution is 8.27. The van der Waals surface area contributed by atoms with Crippen molar-refractivity contribution in [3.8, 4) is 0 Å². The lowest BCUT2D eigenvalue weighted by atomic mass is 10.1. The number of pyridine rings is 1. The van der Waals surface area contributed by atoms with E-state index in [0.717, 1.165) is 17.7 Å². The Morgan fingerprint density at radius 2 is 2.04 bits per heavy atom. The first-order valence-corrected chi connectivity index (χ1v) is 9.18. The van der Waals surface area contributed by atoms with Crippen molar-refractivity contribution in [2.45, 2.75) is 26.2 Å². The number of rotatable bonds is 5. The number of hydrogen-bond donors (Lipinski definition) is 0. The summed E-state index contributed by atoms with van der Waals surface area (Å²) in [5, 5.41) is 0. The van der Waals surface area contributed by atoms with Crippen molar-refractivity contribution < 1.29 is 4.79 Å². The third kappa shape index (κ3) is 3.74. The van der Waals surface area contributed by atoms with Gasteiger partial charge in [0.05, 0.1) is 10.6 Å². The molecule has 1 aromatic heterocycles. The quantitative estimate of drug-likeness (QED) is 0.569. The highest BCUT2D eigenvalue weighted by atomic mass is 32.2. The summed E-state index contributed by atoms with van der Waals surface area (Å²) >= 11 is 6.74. The molecule has 24 heavy (non-hydrogen) atoms. The molecule has 1 aliphatic rings. The Balaban J connectivity index is 1.80. The van der Waals surface area contributed by atoms with Crippen LogP contribution in [0.1, 0.15) is 30.9 Å². The van der Waals surface area contributed by atoms with Crippen molar-refractivity contribution in [2.75, 3.05) is 4.90 Å². The number of carbonyl (C=O) groups is 1. The van der Waals surface area contributed by atoms with Crippen LogP contribution in [0.3, 0.4) is 0 Å². The molecule has 3 nitrogen and oxygen atoms in total. The van der Waals surface area contributed by atoms with Crippen LogP contribution in [-0.4, -0.2) is 15.2 Å². The van der Waals surface area contributed by atoms with E-state index in [9.17, 15) is 4.79 Å². The fourth-order valence-corrected chi connectivity index (χ4v) is 3.79. The third-order valence-corrected chi connectivity index (χ3v) is 5.09. The topological polar surface area (TPSA) is 33.2 Å². The van der Waals surface area contributed by atoms with Crippen molar-refractivity contribution in [3.05, 3.63) is 64.8 Å². The first-order valence-electron chi connectivity index (χ1n) is 7.96. The van der Waals surface area contributed by atoms with Crippen LogP contribution in [0, 0.1) is 0 Å². The van der Waals surface area contributed by atoms with Gasteiger partial charge in [-0.3, -0.25) is 14.7 Å². The summed E-state index contributed by atoms with van der Waals surface area (Å²) in [5.74, 6) is -0.0739. The summed E-state index contributed by atoms with van der Waals surface area (Å²) in [6.45, 7) is 2.18. The van der Waals surface area contributed by atoms with E-state index >= 15 is 0 Å². The largest absolute Gasteiger partial charge is 0.270 e. The van der Waals surface area contributed by atoms with Gasteiger partial charge >= 0.3 is 0 Å². The van der Waals surface area contributed by atoms with Crippen LogP contribution in [0.25, 0.3) is 6.08 Å². The Morgan fingerprint density at radius 1 is 1.25 bits per heavy atom. The lowest BCUT2D eigenvalue weighted by molar-refractivity contribution is -0.113. The summed E-state index contributed by atoms with van der Waals surface area (Å²) < 4.78 is 0.566. The zero-order chi connectivity index (χ0) is 16.9. The van der Waals surface area contributed by atoms with Gasteiger partial charge in [-0.05, 0) is 48.2 Å². The molecule has 3 rings (SSSR count).